The number of benzene rings is 1. The molecule has 140 valence electrons. The van der Waals surface area contributed by atoms with Gasteiger partial charge >= 0.3 is 0 Å². The molecule has 3 rings (SSSR count). The molecule has 2 aliphatic carbocycles. The first-order valence-electron chi connectivity index (χ1n) is 10.1. The van der Waals surface area contributed by atoms with Crippen LogP contribution in [0.25, 0.3) is 0 Å². The van der Waals surface area contributed by atoms with Gasteiger partial charge in [-0.25, -0.2) is 0 Å². The first-order valence-corrected chi connectivity index (χ1v) is 10.1. The minimum absolute atomic E-state index is 0.200. The van der Waals surface area contributed by atoms with E-state index in [0.29, 0.717) is 17.8 Å². The summed E-state index contributed by atoms with van der Waals surface area (Å²) in [5.74, 6) is 2.45. The predicted molar refractivity (Wildman–Crippen MR) is 101 cm³/mol. The number of hydrogen-bond acceptors (Lipinski definition) is 3. The number of methoxy groups -OCH3 is 1. The first kappa shape index (κ1) is 18.7. The van der Waals surface area contributed by atoms with Crippen LogP contribution in [-0.2, 0) is 12.8 Å². The van der Waals surface area contributed by atoms with E-state index in [1.54, 1.807) is 7.11 Å². The maximum Gasteiger partial charge on any atom is 0.122 e. The second-order valence-corrected chi connectivity index (χ2v) is 8.12. The van der Waals surface area contributed by atoms with Crippen molar-refractivity contribution in [2.75, 3.05) is 7.11 Å². The minimum Gasteiger partial charge on any atom is -0.496 e. The number of rotatable bonds is 8. The fourth-order valence-electron chi connectivity index (χ4n) is 5.15. The Labute approximate surface area is 152 Å². The topological polar surface area (TPSA) is 49.7 Å². The van der Waals surface area contributed by atoms with Gasteiger partial charge in [0.15, 0.2) is 0 Å². The zero-order valence-electron chi connectivity index (χ0n) is 15.8. The summed E-state index contributed by atoms with van der Waals surface area (Å²) in [5, 5.41) is 20.9. The maximum atomic E-state index is 10.6. The third-order valence-electron chi connectivity index (χ3n) is 6.54. The second-order valence-electron chi connectivity index (χ2n) is 8.12. The average Bonchev–Trinajstić information content (AvgIpc) is 2.92. The molecule has 1 aromatic rings. The first-order chi connectivity index (χ1) is 12.1. The molecule has 0 aromatic heterocycles. The van der Waals surface area contributed by atoms with Crippen LogP contribution in [-0.4, -0.2) is 29.5 Å². The molecule has 1 fully saturated rings. The molecule has 2 aliphatic rings. The van der Waals surface area contributed by atoms with Crippen molar-refractivity contribution in [2.45, 2.75) is 76.9 Å². The summed E-state index contributed by atoms with van der Waals surface area (Å²) in [6.07, 6.45) is 8.77. The number of ether oxygens (including phenoxy) is 1. The molecule has 1 saturated carbocycles. The van der Waals surface area contributed by atoms with Gasteiger partial charge in [0.2, 0.25) is 0 Å². The third-order valence-corrected chi connectivity index (χ3v) is 6.54. The molecule has 1 aromatic carbocycles. The van der Waals surface area contributed by atoms with Gasteiger partial charge in [-0.1, -0.05) is 38.3 Å². The molecule has 3 nitrogen and oxygen atoms in total. The van der Waals surface area contributed by atoms with Crippen molar-refractivity contribution in [3.63, 3.8) is 0 Å². The quantitative estimate of drug-likeness (QED) is 0.696. The zero-order chi connectivity index (χ0) is 17.8. The molecular weight excluding hydrogens is 312 g/mol. The minimum atomic E-state index is -0.210. The Balaban J connectivity index is 1.61. The highest BCUT2D eigenvalue weighted by Gasteiger charge is 2.44. The Hall–Kier alpha value is -1.06. The standard InChI is InChI=1S/C22H34O3/c1-3-4-5-8-17(23)10-11-18-19-12-15-7-6-9-22(25-2)20(15)13-16(19)14-21(18)24/h6-7,9,16-19,21,23-24H,3-5,8,10-14H2,1-2H3/t16?,17-,18?,19?,21?/m0/s1. The van der Waals surface area contributed by atoms with Gasteiger partial charge in [0.05, 0.1) is 19.3 Å². The summed E-state index contributed by atoms with van der Waals surface area (Å²) < 4.78 is 5.54. The third kappa shape index (κ3) is 4.20. The van der Waals surface area contributed by atoms with Crippen molar-refractivity contribution in [3.05, 3.63) is 29.3 Å². The lowest BCUT2D eigenvalue weighted by Crippen LogP contribution is -2.28. The summed E-state index contributed by atoms with van der Waals surface area (Å²) >= 11 is 0. The van der Waals surface area contributed by atoms with E-state index in [1.807, 2.05) is 0 Å². The number of aliphatic hydroxyl groups excluding tert-OH is 2. The van der Waals surface area contributed by atoms with Gasteiger partial charge in [-0.05, 0) is 73.5 Å². The zero-order valence-corrected chi connectivity index (χ0v) is 15.8. The Kier molecular flexibility index (Phi) is 6.40. The molecule has 2 N–H and O–H groups in total. The number of hydrogen-bond donors (Lipinski definition) is 2. The highest BCUT2D eigenvalue weighted by Crippen LogP contribution is 2.48. The fraction of sp³-hybridized carbons (Fsp3) is 0.727. The fourth-order valence-corrected chi connectivity index (χ4v) is 5.15. The summed E-state index contributed by atoms with van der Waals surface area (Å²) in [6, 6.07) is 6.35. The molecule has 0 aliphatic heterocycles. The van der Waals surface area contributed by atoms with Crippen molar-refractivity contribution in [3.8, 4) is 5.75 Å². The molecule has 0 radical (unpaired) electrons. The number of fused-ring (bicyclic) bond motifs is 2. The molecule has 25 heavy (non-hydrogen) atoms. The summed E-state index contributed by atoms with van der Waals surface area (Å²) in [5.41, 5.74) is 2.74. The van der Waals surface area contributed by atoms with Crippen LogP contribution in [0.3, 0.4) is 0 Å². The van der Waals surface area contributed by atoms with Crippen LogP contribution in [0.2, 0.25) is 0 Å². The second kappa shape index (κ2) is 8.55. The highest BCUT2D eigenvalue weighted by molar-refractivity contribution is 5.43. The van der Waals surface area contributed by atoms with Gasteiger partial charge in [-0.3, -0.25) is 0 Å². The van der Waals surface area contributed by atoms with Crippen LogP contribution < -0.4 is 4.74 Å². The maximum absolute atomic E-state index is 10.6. The van der Waals surface area contributed by atoms with Crippen LogP contribution in [0.1, 0.15) is 63.0 Å². The average molecular weight is 347 g/mol. The highest BCUT2D eigenvalue weighted by atomic mass is 16.5. The van der Waals surface area contributed by atoms with Crippen LogP contribution in [0, 0.1) is 17.8 Å². The molecule has 0 saturated heterocycles. The monoisotopic (exact) mass is 346 g/mol. The molecule has 0 bridgehead atoms. The van der Waals surface area contributed by atoms with Gasteiger partial charge in [0.25, 0.3) is 0 Å². The van der Waals surface area contributed by atoms with Crippen molar-refractivity contribution < 1.29 is 14.9 Å². The summed E-state index contributed by atoms with van der Waals surface area (Å²) in [6.45, 7) is 2.19. The van der Waals surface area contributed by atoms with Crippen LogP contribution >= 0.6 is 0 Å². The van der Waals surface area contributed by atoms with Gasteiger partial charge in [-0.2, -0.15) is 0 Å². The predicted octanol–water partition coefficient (Wildman–Crippen LogP) is 4.13. The van der Waals surface area contributed by atoms with E-state index in [-0.39, 0.29) is 12.2 Å². The molecule has 0 spiro atoms. The Bertz CT molecular complexity index is 556. The van der Waals surface area contributed by atoms with Gasteiger partial charge in [-0.15, -0.1) is 0 Å². The molecule has 4 unspecified atom stereocenters. The lowest BCUT2D eigenvalue weighted by molar-refractivity contribution is 0.0869. The molecule has 5 atom stereocenters. The van der Waals surface area contributed by atoms with Gasteiger partial charge < -0.3 is 14.9 Å². The van der Waals surface area contributed by atoms with Gasteiger partial charge in [0, 0.05) is 0 Å². The molecule has 3 heteroatoms. The number of aliphatic hydroxyl groups is 2. The van der Waals surface area contributed by atoms with Crippen molar-refractivity contribution in [1.82, 2.24) is 0 Å². The van der Waals surface area contributed by atoms with E-state index in [4.69, 9.17) is 4.74 Å². The van der Waals surface area contributed by atoms with Crippen LogP contribution in [0.5, 0.6) is 5.75 Å². The van der Waals surface area contributed by atoms with Crippen molar-refractivity contribution in [1.29, 1.82) is 0 Å². The Morgan fingerprint density at radius 2 is 2.04 bits per heavy atom. The largest absolute Gasteiger partial charge is 0.496 e. The summed E-state index contributed by atoms with van der Waals surface area (Å²) in [7, 11) is 1.74. The van der Waals surface area contributed by atoms with E-state index in [2.05, 4.69) is 25.1 Å². The smallest absolute Gasteiger partial charge is 0.122 e. The molecule has 0 heterocycles. The van der Waals surface area contributed by atoms with E-state index in [1.165, 1.54) is 24.0 Å². The van der Waals surface area contributed by atoms with Crippen LogP contribution in [0.15, 0.2) is 18.2 Å². The molecular formula is C22H34O3. The van der Waals surface area contributed by atoms with E-state index in [9.17, 15) is 10.2 Å². The lowest BCUT2D eigenvalue weighted by Gasteiger charge is -2.32. The number of unbranched alkanes of at least 4 members (excludes halogenated alkanes) is 2. The van der Waals surface area contributed by atoms with Crippen molar-refractivity contribution in [2.24, 2.45) is 17.8 Å². The molecule has 0 amide bonds. The van der Waals surface area contributed by atoms with Gasteiger partial charge in [0.1, 0.15) is 5.75 Å². The van der Waals surface area contributed by atoms with Crippen LogP contribution in [0.4, 0.5) is 0 Å². The Morgan fingerprint density at radius 1 is 1.20 bits per heavy atom. The SMILES string of the molecule is CCCCC[C@H](O)CCC1C(O)CC2Cc3c(cccc3OC)CC21. The van der Waals surface area contributed by atoms with E-state index in [0.717, 1.165) is 50.7 Å². The lowest BCUT2D eigenvalue weighted by atomic mass is 9.73. The normalized spacial score (nSPS) is 29.1. The summed E-state index contributed by atoms with van der Waals surface area (Å²) in [4.78, 5) is 0. The van der Waals surface area contributed by atoms with Crippen molar-refractivity contribution >= 4 is 0 Å². The van der Waals surface area contributed by atoms with E-state index >= 15 is 0 Å². The Morgan fingerprint density at radius 3 is 2.80 bits per heavy atom. The van der Waals surface area contributed by atoms with E-state index < -0.39 is 0 Å².